The summed E-state index contributed by atoms with van der Waals surface area (Å²) in [7, 11) is 0. The highest BCUT2D eigenvalue weighted by Crippen LogP contribution is 2.40. The average molecular weight is 288 g/mol. The summed E-state index contributed by atoms with van der Waals surface area (Å²) in [5.41, 5.74) is 0.532. The first-order valence-electron chi connectivity index (χ1n) is 6.52. The predicted octanol–water partition coefficient (Wildman–Crippen LogP) is 4.48. The van der Waals surface area contributed by atoms with Crippen molar-refractivity contribution >= 4 is 15.9 Å². The molecule has 0 aromatic rings. The summed E-state index contributed by atoms with van der Waals surface area (Å²) in [6.45, 7) is 11.9. The van der Waals surface area contributed by atoms with E-state index >= 15 is 0 Å². The van der Waals surface area contributed by atoms with Crippen LogP contribution in [0.2, 0.25) is 0 Å². The Labute approximate surface area is 109 Å². The van der Waals surface area contributed by atoms with E-state index in [-0.39, 0.29) is 0 Å². The molecule has 0 aromatic heterocycles. The van der Waals surface area contributed by atoms with Gasteiger partial charge in [-0.3, -0.25) is 0 Å². The molecular formula is C14H26BrN. The average Bonchev–Trinajstić information content (AvgIpc) is 2.27. The maximum absolute atomic E-state index is 3.86. The van der Waals surface area contributed by atoms with Gasteiger partial charge in [0.2, 0.25) is 0 Å². The summed E-state index contributed by atoms with van der Waals surface area (Å²) in [4.78, 5) is 0. The van der Waals surface area contributed by atoms with E-state index in [4.69, 9.17) is 0 Å². The maximum atomic E-state index is 3.86. The number of halogens is 1. The second-order valence-electron chi connectivity index (χ2n) is 5.79. The third-order valence-electron chi connectivity index (χ3n) is 4.33. The van der Waals surface area contributed by atoms with Crippen LogP contribution in [-0.2, 0) is 0 Å². The second-order valence-corrected chi connectivity index (χ2v) is 6.91. The molecular weight excluding hydrogens is 262 g/mol. The predicted molar refractivity (Wildman–Crippen MR) is 75.9 cm³/mol. The Kier molecular flexibility index (Phi) is 5.52. The van der Waals surface area contributed by atoms with E-state index in [0.29, 0.717) is 11.5 Å². The molecule has 0 aliphatic heterocycles. The van der Waals surface area contributed by atoms with Crippen molar-refractivity contribution < 1.29 is 0 Å². The van der Waals surface area contributed by atoms with Gasteiger partial charge in [0.15, 0.2) is 0 Å². The zero-order valence-electron chi connectivity index (χ0n) is 11.0. The first-order valence-corrected chi connectivity index (χ1v) is 7.31. The van der Waals surface area contributed by atoms with Crippen molar-refractivity contribution in [2.45, 2.75) is 58.9 Å². The smallest absolute Gasteiger partial charge is 0.0268 e. The number of rotatable bonds is 5. The van der Waals surface area contributed by atoms with E-state index < -0.39 is 0 Å². The van der Waals surface area contributed by atoms with Crippen LogP contribution in [-0.4, -0.2) is 12.6 Å². The molecule has 0 bridgehead atoms. The van der Waals surface area contributed by atoms with Gasteiger partial charge in [-0.05, 0) is 37.0 Å². The summed E-state index contributed by atoms with van der Waals surface area (Å²) in [6.07, 6.45) is 6.72. The largest absolute Gasteiger partial charge is 0.309 e. The van der Waals surface area contributed by atoms with Crippen LogP contribution in [0.25, 0.3) is 0 Å². The minimum atomic E-state index is 0.532. The molecule has 0 atom stereocenters. The summed E-state index contributed by atoms with van der Waals surface area (Å²) in [5.74, 6) is 0.919. The van der Waals surface area contributed by atoms with Crippen molar-refractivity contribution in [3.8, 4) is 0 Å². The first kappa shape index (κ1) is 14.2. The van der Waals surface area contributed by atoms with Crippen molar-refractivity contribution in [1.29, 1.82) is 0 Å². The van der Waals surface area contributed by atoms with Gasteiger partial charge in [-0.15, -0.1) is 0 Å². The lowest BCUT2D eigenvalue weighted by molar-refractivity contribution is 0.138. The zero-order valence-corrected chi connectivity index (χ0v) is 12.6. The third-order valence-corrected chi connectivity index (χ3v) is 4.61. The molecule has 1 aliphatic carbocycles. The highest BCUT2D eigenvalue weighted by molar-refractivity contribution is 9.11. The first-order chi connectivity index (χ1) is 7.45. The molecule has 1 N–H and O–H groups in total. The van der Waals surface area contributed by atoms with Crippen molar-refractivity contribution in [3.63, 3.8) is 0 Å². The topological polar surface area (TPSA) is 12.0 Å². The fourth-order valence-corrected chi connectivity index (χ4v) is 2.78. The van der Waals surface area contributed by atoms with Gasteiger partial charge >= 0.3 is 0 Å². The van der Waals surface area contributed by atoms with Crippen molar-refractivity contribution in [1.82, 2.24) is 5.32 Å². The molecule has 0 saturated heterocycles. The van der Waals surface area contributed by atoms with Gasteiger partial charge in [0.25, 0.3) is 0 Å². The minimum absolute atomic E-state index is 0.532. The maximum Gasteiger partial charge on any atom is 0.0268 e. The van der Waals surface area contributed by atoms with E-state index in [2.05, 4.69) is 48.6 Å². The SMILES string of the molecule is C=C(Br)CNC1CCC(C(C)(C)CC)CC1. The quantitative estimate of drug-likeness (QED) is 0.786. The van der Waals surface area contributed by atoms with Crippen LogP contribution in [0.4, 0.5) is 0 Å². The Hall–Kier alpha value is 0.180. The fourth-order valence-electron chi connectivity index (χ4n) is 2.62. The molecule has 94 valence electrons. The van der Waals surface area contributed by atoms with Gasteiger partial charge < -0.3 is 5.32 Å². The van der Waals surface area contributed by atoms with Crippen LogP contribution in [0.15, 0.2) is 11.1 Å². The highest BCUT2D eigenvalue weighted by atomic mass is 79.9. The van der Waals surface area contributed by atoms with Gasteiger partial charge in [0, 0.05) is 17.1 Å². The third kappa shape index (κ3) is 4.21. The molecule has 0 unspecified atom stereocenters. The van der Waals surface area contributed by atoms with Crippen molar-refractivity contribution in [2.24, 2.45) is 11.3 Å². The van der Waals surface area contributed by atoms with Crippen molar-refractivity contribution in [2.75, 3.05) is 6.54 Å². The Morgan fingerprint density at radius 1 is 1.31 bits per heavy atom. The Balaban J connectivity index is 2.31. The fraction of sp³-hybridized carbons (Fsp3) is 0.857. The van der Waals surface area contributed by atoms with E-state index in [1.165, 1.54) is 32.1 Å². The van der Waals surface area contributed by atoms with E-state index in [0.717, 1.165) is 16.9 Å². The van der Waals surface area contributed by atoms with E-state index in [1.807, 2.05) is 0 Å². The lowest BCUT2D eigenvalue weighted by Gasteiger charge is -2.39. The van der Waals surface area contributed by atoms with Gasteiger partial charge in [-0.1, -0.05) is 49.7 Å². The summed E-state index contributed by atoms with van der Waals surface area (Å²) >= 11 is 3.40. The van der Waals surface area contributed by atoms with Crippen LogP contribution in [0.3, 0.4) is 0 Å². The molecule has 1 aliphatic rings. The standard InChI is InChI=1S/C14H26BrN/c1-5-14(3,4)12-6-8-13(9-7-12)16-10-11(2)15/h12-13,16H,2,5-10H2,1,3-4H3. The van der Waals surface area contributed by atoms with Crippen LogP contribution >= 0.6 is 15.9 Å². The Morgan fingerprint density at radius 3 is 2.31 bits per heavy atom. The Bertz CT molecular complexity index is 227. The van der Waals surface area contributed by atoms with Crippen LogP contribution in [0.5, 0.6) is 0 Å². The van der Waals surface area contributed by atoms with Gasteiger partial charge in [-0.2, -0.15) is 0 Å². The number of nitrogens with one attached hydrogen (secondary N) is 1. The van der Waals surface area contributed by atoms with Gasteiger partial charge in [0.1, 0.15) is 0 Å². The molecule has 0 aromatic carbocycles. The van der Waals surface area contributed by atoms with Crippen molar-refractivity contribution in [3.05, 3.63) is 11.1 Å². The van der Waals surface area contributed by atoms with Gasteiger partial charge in [-0.25, -0.2) is 0 Å². The molecule has 0 amide bonds. The molecule has 0 heterocycles. The second kappa shape index (κ2) is 6.20. The minimum Gasteiger partial charge on any atom is -0.309 e. The van der Waals surface area contributed by atoms with E-state index in [9.17, 15) is 0 Å². The summed E-state index contributed by atoms with van der Waals surface area (Å²) < 4.78 is 1.06. The summed E-state index contributed by atoms with van der Waals surface area (Å²) in [5, 5.41) is 3.56. The van der Waals surface area contributed by atoms with Crippen LogP contribution < -0.4 is 5.32 Å². The molecule has 0 radical (unpaired) electrons. The monoisotopic (exact) mass is 287 g/mol. The molecule has 0 spiro atoms. The molecule has 1 rings (SSSR count). The molecule has 1 saturated carbocycles. The van der Waals surface area contributed by atoms with Crippen LogP contribution in [0, 0.1) is 11.3 Å². The lowest BCUT2D eigenvalue weighted by Crippen LogP contribution is -2.37. The highest BCUT2D eigenvalue weighted by Gasteiger charge is 2.31. The Morgan fingerprint density at radius 2 is 1.88 bits per heavy atom. The molecule has 2 heteroatoms. The molecule has 16 heavy (non-hydrogen) atoms. The van der Waals surface area contributed by atoms with E-state index in [1.54, 1.807) is 0 Å². The van der Waals surface area contributed by atoms with Crippen LogP contribution in [0.1, 0.15) is 52.9 Å². The normalized spacial score (nSPS) is 26.8. The lowest BCUT2D eigenvalue weighted by atomic mass is 9.69. The number of hydrogen-bond donors (Lipinski definition) is 1. The summed E-state index contributed by atoms with van der Waals surface area (Å²) in [6, 6.07) is 0.707. The molecule has 1 nitrogen and oxygen atoms in total. The molecule has 1 fully saturated rings. The zero-order chi connectivity index (χ0) is 12.2. The van der Waals surface area contributed by atoms with Gasteiger partial charge in [0.05, 0.1) is 0 Å². The number of hydrogen-bond acceptors (Lipinski definition) is 1.